The number of thioether (sulfide) groups is 1. The SMILES string of the molecule is CC(O)C(C)Sc1cccc(S(C)(=O)=O)c1N. The van der Waals surface area contributed by atoms with Crippen molar-refractivity contribution in [3.63, 3.8) is 0 Å². The Kier molecular flexibility index (Phi) is 4.46. The van der Waals surface area contributed by atoms with Gasteiger partial charge < -0.3 is 10.8 Å². The summed E-state index contributed by atoms with van der Waals surface area (Å²) >= 11 is 1.37. The summed E-state index contributed by atoms with van der Waals surface area (Å²) in [5, 5.41) is 9.37. The molecule has 4 nitrogen and oxygen atoms in total. The third-order valence-corrected chi connectivity index (χ3v) is 4.95. The molecule has 0 aliphatic rings. The Morgan fingerprint density at radius 1 is 1.35 bits per heavy atom. The van der Waals surface area contributed by atoms with Crippen LogP contribution in [-0.4, -0.2) is 31.1 Å². The van der Waals surface area contributed by atoms with Gasteiger partial charge in [-0.15, -0.1) is 11.8 Å². The van der Waals surface area contributed by atoms with Crippen LogP contribution in [0.15, 0.2) is 28.0 Å². The number of nitrogen functional groups attached to an aromatic ring is 1. The maximum atomic E-state index is 11.5. The van der Waals surface area contributed by atoms with E-state index in [2.05, 4.69) is 0 Å². The van der Waals surface area contributed by atoms with Crippen LogP contribution in [-0.2, 0) is 9.84 Å². The molecular weight excluding hydrogens is 258 g/mol. The summed E-state index contributed by atoms with van der Waals surface area (Å²) in [4.78, 5) is 0.821. The molecule has 0 spiro atoms. The standard InChI is InChI=1S/C11H17NO3S2/c1-7(13)8(2)16-9-5-4-6-10(11(9)12)17(3,14)15/h4-8,13H,12H2,1-3H3. The molecule has 3 N–H and O–H groups in total. The van der Waals surface area contributed by atoms with Crippen molar-refractivity contribution in [2.75, 3.05) is 12.0 Å². The number of aliphatic hydroxyl groups excluding tert-OH is 1. The first kappa shape index (κ1) is 14.3. The molecule has 1 aromatic carbocycles. The molecule has 2 unspecified atom stereocenters. The largest absolute Gasteiger partial charge is 0.397 e. The second-order valence-electron chi connectivity index (χ2n) is 4.00. The fourth-order valence-electron chi connectivity index (χ4n) is 1.25. The van der Waals surface area contributed by atoms with E-state index in [4.69, 9.17) is 5.73 Å². The first-order chi connectivity index (χ1) is 7.73. The first-order valence-corrected chi connectivity index (χ1v) is 7.94. The molecule has 0 saturated heterocycles. The van der Waals surface area contributed by atoms with Crippen LogP contribution in [0.25, 0.3) is 0 Å². The van der Waals surface area contributed by atoms with E-state index in [1.165, 1.54) is 17.8 Å². The van der Waals surface area contributed by atoms with E-state index in [-0.39, 0.29) is 15.8 Å². The predicted molar refractivity (Wildman–Crippen MR) is 71.0 cm³/mol. The molecule has 0 amide bonds. The lowest BCUT2D eigenvalue weighted by Gasteiger charge is -2.16. The van der Waals surface area contributed by atoms with Crippen LogP contribution < -0.4 is 5.73 Å². The quantitative estimate of drug-likeness (QED) is 0.643. The fraction of sp³-hybridized carbons (Fsp3) is 0.455. The normalized spacial score (nSPS) is 15.5. The van der Waals surface area contributed by atoms with Crippen molar-refractivity contribution in [2.24, 2.45) is 0 Å². The highest BCUT2D eigenvalue weighted by Gasteiger charge is 2.17. The Hall–Kier alpha value is -0.720. The average molecular weight is 275 g/mol. The summed E-state index contributed by atoms with van der Waals surface area (Å²) in [6, 6.07) is 4.90. The minimum atomic E-state index is -3.31. The van der Waals surface area contributed by atoms with Gasteiger partial charge in [-0.2, -0.15) is 0 Å². The predicted octanol–water partition coefficient (Wildman–Crippen LogP) is 1.53. The minimum absolute atomic E-state index is 0.0490. The van der Waals surface area contributed by atoms with Gasteiger partial charge in [0, 0.05) is 16.4 Å². The van der Waals surface area contributed by atoms with Gasteiger partial charge in [0.15, 0.2) is 9.84 Å². The topological polar surface area (TPSA) is 80.4 Å². The van der Waals surface area contributed by atoms with Crippen LogP contribution in [0.1, 0.15) is 13.8 Å². The Bertz CT molecular complexity index is 497. The van der Waals surface area contributed by atoms with E-state index >= 15 is 0 Å². The van der Waals surface area contributed by atoms with Crippen molar-refractivity contribution < 1.29 is 13.5 Å². The minimum Gasteiger partial charge on any atom is -0.397 e. The summed E-state index contributed by atoms with van der Waals surface area (Å²) in [6.07, 6.45) is 0.645. The molecule has 0 aliphatic heterocycles. The number of anilines is 1. The number of sulfone groups is 1. The van der Waals surface area contributed by atoms with Crippen molar-refractivity contribution in [2.45, 2.75) is 35.0 Å². The van der Waals surface area contributed by atoms with E-state index in [0.717, 1.165) is 6.26 Å². The summed E-state index contributed by atoms with van der Waals surface area (Å²) < 4.78 is 23.0. The molecule has 0 radical (unpaired) electrons. The van der Waals surface area contributed by atoms with Crippen molar-refractivity contribution in [3.8, 4) is 0 Å². The van der Waals surface area contributed by atoms with Gasteiger partial charge in [0.1, 0.15) is 0 Å². The van der Waals surface area contributed by atoms with Gasteiger partial charge in [0.05, 0.1) is 16.7 Å². The molecule has 0 fully saturated rings. The molecular formula is C11H17NO3S2. The zero-order valence-corrected chi connectivity index (χ0v) is 11.7. The van der Waals surface area contributed by atoms with Crippen LogP contribution in [0, 0.1) is 0 Å². The highest BCUT2D eigenvalue weighted by atomic mass is 32.2. The molecule has 0 aliphatic carbocycles. The Morgan fingerprint density at radius 3 is 2.41 bits per heavy atom. The van der Waals surface area contributed by atoms with Gasteiger partial charge >= 0.3 is 0 Å². The highest BCUT2D eigenvalue weighted by Crippen LogP contribution is 2.33. The maximum Gasteiger partial charge on any atom is 0.177 e. The molecule has 1 rings (SSSR count). The molecule has 0 aromatic heterocycles. The summed E-state index contributed by atoms with van der Waals surface area (Å²) in [5.41, 5.74) is 6.09. The van der Waals surface area contributed by atoms with Crippen LogP contribution in [0.4, 0.5) is 5.69 Å². The van der Waals surface area contributed by atoms with E-state index in [1.54, 1.807) is 19.1 Å². The van der Waals surface area contributed by atoms with Gasteiger partial charge in [-0.1, -0.05) is 13.0 Å². The Labute approximate surface area is 106 Å². The monoisotopic (exact) mass is 275 g/mol. The zero-order chi connectivity index (χ0) is 13.2. The van der Waals surface area contributed by atoms with Crippen molar-refractivity contribution in [1.29, 1.82) is 0 Å². The van der Waals surface area contributed by atoms with E-state index in [1.807, 2.05) is 6.92 Å². The van der Waals surface area contributed by atoms with E-state index < -0.39 is 15.9 Å². The number of aliphatic hydroxyl groups is 1. The molecule has 96 valence electrons. The van der Waals surface area contributed by atoms with Crippen molar-refractivity contribution >= 4 is 27.3 Å². The molecule has 0 bridgehead atoms. The number of rotatable bonds is 4. The maximum absolute atomic E-state index is 11.5. The van der Waals surface area contributed by atoms with Gasteiger partial charge in [0.25, 0.3) is 0 Å². The Balaban J connectivity index is 3.12. The molecule has 0 heterocycles. The van der Waals surface area contributed by atoms with Gasteiger partial charge in [-0.25, -0.2) is 8.42 Å². The molecule has 1 aromatic rings. The number of para-hydroxylation sites is 1. The summed E-state index contributed by atoms with van der Waals surface area (Å²) in [7, 11) is -3.31. The second-order valence-corrected chi connectivity index (χ2v) is 7.41. The lowest BCUT2D eigenvalue weighted by Crippen LogP contribution is -2.15. The van der Waals surface area contributed by atoms with Crippen LogP contribution in [0.5, 0.6) is 0 Å². The first-order valence-electron chi connectivity index (χ1n) is 5.16. The number of nitrogens with two attached hydrogens (primary N) is 1. The van der Waals surface area contributed by atoms with Crippen molar-refractivity contribution in [3.05, 3.63) is 18.2 Å². The number of hydrogen-bond acceptors (Lipinski definition) is 5. The lowest BCUT2D eigenvalue weighted by atomic mass is 10.3. The summed E-state index contributed by atoms with van der Waals surface area (Å²) in [5.74, 6) is 0. The van der Waals surface area contributed by atoms with Gasteiger partial charge in [-0.3, -0.25) is 0 Å². The van der Waals surface area contributed by atoms with E-state index in [9.17, 15) is 13.5 Å². The molecule has 0 saturated carbocycles. The van der Waals surface area contributed by atoms with Gasteiger partial charge in [0.2, 0.25) is 0 Å². The third-order valence-electron chi connectivity index (χ3n) is 2.42. The zero-order valence-electron chi connectivity index (χ0n) is 10.0. The highest BCUT2D eigenvalue weighted by molar-refractivity contribution is 8.00. The van der Waals surface area contributed by atoms with E-state index in [0.29, 0.717) is 4.90 Å². The lowest BCUT2D eigenvalue weighted by molar-refractivity contribution is 0.196. The average Bonchev–Trinajstić information content (AvgIpc) is 2.19. The van der Waals surface area contributed by atoms with Crippen molar-refractivity contribution in [1.82, 2.24) is 0 Å². The third kappa shape index (κ3) is 3.62. The Morgan fingerprint density at radius 2 is 1.94 bits per heavy atom. The summed E-state index contributed by atoms with van der Waals surface area (Å²) in [6.45, 7) is 3.55. The van der Waals surface area contributed by atoms with Crippen LogP contribution >= 0.6 is 11.8 Å². The smallest absolute Gasteiger partial charge is 0.177 e. The molecule has 17 heavy (non-hydrogen) atoms. The molecule has 2 atom stereocenters. The second kappa shape index (κ2) is 5.29. The number of hydrogen-bond donors (Lipinski definition) is 2. The van der Waals surface area contributed by atoms with Gasteiger partial charge in [-0.05, 0) is 19.1 Å². The number of benzene rings is 1. The molecule has 6 heteroatoms. The van der Waals surface area contributed by atoms with Crippen LogP contribution in [0.3, 0.4) is 0 Å². The fourth-order valence-corrected chi connectivity index (χ4v) is 3.14. The van der Waals surface area contributed by atoms with Crippen LogP contribution in [0.2, 0.25) is 0 Å².